The molecule has 3 N–H and O–H groups in total. The first-order valence-corrected chi connectivity index (χ1v) is 9.67. The van der Waals surface area contributed by atoms with E-state index in [9.17, 15) is 9.59 Å². The second-order valence-electron chi connectivity index (χ2n) is 6.35. The van der Waals surface area contributed by atoms with E-state index in [0.29, 0.717) is 22.2 Å². The summed E-state index contributed by atoms with van der Waals surface area (Å²) < 4.78 is 5.09. The fraction of sp³-hybridized carbons (Fsp3) is 0.333. The van der Waals surface area contributed by atoms with Crippen LogP contribution in [0.2, 0.25) is 10.0 Å². The number of ether oxygens (including phenoxy) is 1. The van der Waals surface area contributed by atoms with Gasteiger partial charge in [0.15, 0.2) is 5.75 Å². The number of nitrogens with one attached hydrogen (secondary N) is 1. The Bertz CT molecular complexity index is 872. The quantitative estimate of drug-likeness (QED) is 0.772. The summed E-state index contributed by atoms with van der Waals surface area (Å²) in [4.78, 5) is 25.7. The summed E-state index contributed by atoms with van der Waals surface area (Å²) in [6, 6.07) is 2.95. The number of hydrogen-bond acceptors (Lipinski definition) is 4. The molecule has 1 aromatic carbocycles. The van der Waals surface area contributed by atoms with E-state index in [1.54, 1.807) is 0 Å². The average Bonchev–Trinajstić information content (AvgIpc) is 2.91. The van der Waals surface area contributed by atoms with E-state index in [2.05, 4.69) is 12.2 Å². The monoisotopic (exact) mass is 412 g/mol. The molecule has 0 saturated heterocycles. The maximum atomic E-state index is 12.7. The van der Waals surface area contributed by atoms with Crippen molar-refractivity contribution in [1.29, 1.82) is 0 Å². The topological polar surface area (TPSA) is 81.4 Å². The highest BCUT2D eigenvalue weighted by Gasteiger charge is 2.27. The van der Waals surface area contributed by atoms with Gasteiger partial charge in [0.2, 0.25) is 0 Å². The van der Waals surface area contributed by atoms with Gasteiger partial charge in [0.25, 0.3) is 11.8 Å². The van der Waals surface area contributed by atoms with Gasteiger partial charge in [-0.15, -0.1) is 11.3 Å². The third-order valence-corrected chi connectivity index (χ3v) is 6.18. The number of carbonyl (C=O) groups excluding carboxylic acids is 2. The summed E-state index contributed by atoms with van der Waals surface area (Å²) in [7, 11) is 1.45. The zero-order valence-corrected chi connectivity index (χ0v) is 16.6. The molecular weight excluding hydrogens is 395 g/mol. The van der Waals surface area contributed by atoms with E-state index < -0.39 is 11.8 Å². The Morgan fingerprint density at radius 1 is 1.31 bits per heavy atom. The zero-order valence-electron chi connectivity index (χ0n) is 14.3. The number of rotatable bonds is 4. The van der Waals surface area contributed by atoms with Crippen LogP contribution in [-0.2, 0) is 12.8 Å². The van der Waals surface area contributed by atoms with Crippen LogP contribution < -0.4 is 15.8 Å². The van der Waals surface area contributed by atoms with Crippen LogP contribution in [0.25, 0.3) is 0 Å². The number of anilines is 1. The fourth-order valence-electron chi connectivity index (χ4n) is 3.16. The molecule has 0 radical (unpaired) electrons. The molecule has 1 heterocycles. The van der Waals surface area contributed by atoms with Gasteiger partial charge in [0.1, 0.15) is 5.00 Å². The van der Waals surface area contributed by atoms with E-state index in [4.69, 9.17) is 33.7 Å². The van der Waals surface area contributed by atoms with Crippen molar-refractivity contribution in [2.75, 3.05) is 12.4 Å². The standard InChI is InChI=1S/C18H18Cl2N2O3S/c1-8-3-4-10-13(5-8)26-18(14(10)16(21)23)22-17(24)9-6-11(19)15(25-2)12(20)7-9/h6-8H,3-5H2,1-2H3,(H2,21,23)(H,22,24). The Morgan fingerprint density at radius 3 is 2.54 bits per heavy atom. The molecule has 1 aromatic heterocycles. The van der Waals surface area contributed by atoms with Crippen molar-refractivity contribution < 1.29 is 14.3 Å². The Kier molecular flexibility index (Phi) is 5.46. The second-order valence-corrected chi connectivity index (χ2v) is 8.27. The molecule has 1 aliphatic rings. The average molecular weight is 413 g/mol. The third kappa shape index (κ3) is 3.54. The number of carbonyl (C=O) groups is 2. The van der Waals surface area contributed by atoms with Crippen LogP contribution in [0.5, 0.6) is 5.75 Å². The summed E-state index contributed by atoms with van der Waals surface area (Å²) in [5.41, 5.74) is 7.22. The van der Waals surface area contributed by atoms with Crippen LogP contribution in [0, 0.1) is 5.92 Å². The number of halogens is 2. The van der Waals surface area contributed by atoms with Crippen LogP contribution in [0.15, 0.2) is 12.1 Å². The van der Waals surface area contributed by atoms with Crippen molar-refractivity contribution >= 4 is 51.4 Å². The van der Waals surface area contributed by atoms with Crippen molar-refractivity contribution in [3.05, 3.63) is 43.7 Å². The van der Waals surface area contributed by atoms with Crippen molar-refractivity contribution in [3.8, 4) is 5.75 Å². The highest BCUT2D eigenvalue weighted by molar-refractivity contribution is 7.17. The maximum Gasteiger partial charge on any atom is 0.256 e. The number of fused-ring (bicyclic) bond motifs is 1. The minimum absolute atomic E-state index is 0.236. The first kappa shape index (κ1) is 19.0. The lowest BCUT2D eigenvalue weighted by Gasteiger charge is -2.18. The van der Waals surface area contributed by atoms with E-state index in [1.165, 1.54) is 30.6 Å². The van der Waals surface area contributed by atoms with E-state index >= 15 is 0 Å². The van der Waals surface area contributed by atoms with Gasteiger partial charge in [-0.2, -0.15) is 0 Å². The van der Waals surface area contributed by atoms with Crippen molar-refractivity contribution in [2.45, 2.75) is 26.2 Å². The highest BCUT2D eigenvalue weighted by Crippen LogP contribution is 2.40. The molecule has 1 aliphatic carbocycles. The molecule has 1 atom stereocenters. The molecule has 0 saturated carbocycles. The largest absolute Gasteiger partial charge is 0.494 e. The fourth-order valence-corrected chi connectivity index (χ4v) is 5.21. The summed E-state index contributed by atoms with van der Waals surface area (Å²) in [6.07, 6.45) is 2.68. The molecule has 3 rings (SSSR count). The zero-order chi connectivity index (χ0) is 19.0. The molecule has 0 fully saturated rings. The molecule has 26 heavy (non-hydrogen) atoms. The smallest absolute Gasteiger partial charge is 0.256 e. The Morgan fingerprint density at radius 2 is 1.96 bits per heavy atom. The van der Waals surface area contributed by atoms with Crippen LogP contribution in [0.4, 0.5) is 5.00 Å². The number of hydrogen-bond donors (Lipinski definition) is 2. The molecule has 8 heteroatoms. The summed E-state index contributed by atoms with van der Waals surface area (Å²) in [5.74, 6) is -0.0864. The Hall–Kier alpha value is -1.76. The van der Waals surface area contributed by atoms with Crippen LogP contribution >= 0.6 is 34.5 Å². The molecule has 2 aromatic rings. The first-order chi connectivity index (χ1) is 12.3. The molecule has 5 nitrogen and oxygen atoms in total. The number of nitrogens with two attached hydrogens (primary N) is 1. The van der Waals surface area contributed by atoms with Crippen LogP contribution in [-0.4, -0.2) is 18.9 Å². The van der Waals surface area contributed by atoms with Gasteiger partial charge >= 0.3 is 0 Å². The molecule has 0 bridgehead atoms. The van der Waals surface area contributed by atoms with Crippen LogP contribution in [0.1, 0.15) is 44.5 Å². The SMILES string of the molecule is COc1c(Cl)cc(C(=O)Nc2sc3c(c2C(N)=O)CCC(C)C3)cc1Cl. The lowest BCUT2D eigenvalue weighted by Crippen LogP contribution is -2.19. The van der Waals surface area contributed by atoms with Gasteiger partial charge in [-0.1, -0.05) is 30.1 Å². The number of benzene rings is 1. The normalized spacial score (nSPS) is 16.1. The third-order valence-electron chi connectivity index (χ3n) is 4.45. The van der Waals surface area contributed by atoms with E-state index in [-0.39, 0.29) is 15.6 Å². The predicted molar refractivity (Wildman–Crippen MR) is 105 cm³/mol. The minimum Gasteiger partial charge on any atom is -0.494 e. The van der Waals surface area contributed by atoms with Crippen molar-refractivity contribution in [1.82, 2.24) is 0 Å². The van der Waals surface area contributed by atoms with Gasteiger partial charge in [-0.25, -0.2) is 0 Å². The lowest BCUT2D eigenvalue weighted by atomic mass is 9.88. The van der Waals surface area contributed by atoms with Crippen molar-refractivity contribution in [3.63, 3.8) is 0 Å². The maximum absolute atomic E-state index is 12.7. The number of primary amides is 1. The molecule has 0 aliphatic heterocycles. The van der Waals surface area contributed by atoms with E-state index in [0.717, 1.165) is 29.7 Å². The Balaban J connectivity index is 1.94. The molecule has 0 spiro atoms. The Labute approximate surface area is 165 Å². The van der Waals surface area contributed by atoms with E-state index in [1.807, 2.05) is 0 Å². The van der Waals surface area contributed by atoms with Gasteiger partial charge in [0.05, 0.1) is 22.7 Å². The predicted octanol–water partition coefficient (Wildman–Crippen LogP) is 4.54. The van der Waals surface area contributed by atoms with Gasteiger partial charge < -0.3 is 15.8 Å². The van der Waals surface area contributed by atoms with Gasteiger partial charge in [-0.05, 0) is 42.9 Å². The highest BCUT2D eigenvalue weighted by atomic mass is 35.5. The number of thiophene rings is 1. The summed E-state index contributed by atoms with van der Waals surface area (Å²) in [6.45, 7) is 2.17. The lowest BCUT2D eigenvalue weighted by molar-refractivity contribution is 0.1000. The molecule has 1 unspecified atom stereocenters. The van der Waals surface area contributed by atoms with Crippen molar-refractivity contribution in [2.24, 2.45) is 11.7 Å². The molecule has 138 valence electrons. The van der Waals surface area contributed by atoms with Crippen LogP contribution in [0.3, 0.4) is 0 Å². The summed E-state index contributed by atoms with van der Waals surface area (Å²) >= 11 is 13.6. The minimum atomic E-state index is -0.529. The first-order valence-electron chi connectivity index (χ1n) is 8.10. The number of methoxy groups -OCH3 is 1. The second kappa shape index (κ2) is 7.47. The van der Waals surface area contributed by atoms with Gasteiger partial charge in [0, 0.05) is 10.4 Å². The number of amides is 2. The summed E-state index contributed by atoms with van der Waals surface area (Å²) in [5, 5.41) is 3.74. The van der Waals surface area contributed by atoms with Gasteiger partial charge in [-0.3, -0.25) is 9.59 Å². The molecular formula is C18H18Cl2N2O3S. The molecule has 2 amide bonds.